The summed E-state index contributed by atoms with van der Waals surface area (Å²) < 4.78 is 0. The molecule has 1 amide bonds. The maximum Gasteiger partial charge on any atom is 0.253 e. The summed E-state index contributed by atoms with van der Waals surface area (Å²) in [5, 5.41) is 0.754. The van der Waals surface area contributed by atoms with Gasteiger partial charge in [0, 0.05) is 40.4 Å². The van der Waals surface area contributed by atoms with Gasteiger partial charge in [-0.25, -0.2) is 0 Å². The molecule has 1 aliphatic carbocycles. The minimum absolute atomic E-state index is 0.142. The van der Waals surface area contributed by atoms with Gasteiger partial charge in [-0.05, 0) is 66.6 Å². The lowest BCUT2D eigenvalue weighted by atomic mass is 9.98. The van der Waals surface area contributed by atoms with Crippen molar-refractivity contribution in [1.82, 2.24) is 4.90 Å². The zero-order valence-corrected chi connectivity index (χ0v) is 16.2. The van der Waals surface area contributed by atoms with Crippen molar-refractivity contribution in [2.75, 3.05) is 13.1 Å². The zero-order valence-electron chi connectivity index (χ0n) is 14.6. The van der Waals surface area contributed by atoms with Crippen LogP contribution in [-0.4, -0.2) is 29.9 Å². The zero-order chi connectivity index (χ0) is 18.1. The van der Waals surface area contributed by atoms with Crippen molar-refractivity contribution in [3.63, 3.8) is 0 Å². The van der Waals surface area contributed by atoms with Crippen LogP contribution < -0.4 is 5.73 Å². The van der Waals surface area contributed by atoms with Crippen molar-refractivity contribution < 1.29 is 4.79 Å². The lowest BCUT2D eigenvalue weighted by molar-refractivity contribution is 0.0779. The van der Waals surface area contributed by atoms with Gasteiger partial charge in [-0.15, -0.1) is 11.8 Å². The van der Waals surface area contributed by atoms with E-state index in [0.29, 0.717) is 11.8 Å². The number of hydrogen-bond donors (Lipinski definition) is 1. The van der Waals surface area contributed by atoms with E-state index >= 15 is 0 Å². The average molecular weight is 387 g/mol. The summed E-state index contributed by atoms with van der Waals surface area (Å²) in [5.41, 5.74) is 8.17. The Kier molecular flexibility index (Phi) is 5.25. The summed E-state index contributed by atoms with van der Waals surface area (Å²) in [5.74, 6) is 2.11. The van der Waals surface area contributed by atoms with E-state index in [-0.39, 0.29) is 11.9 Å². The number of carbonyl (C=O) groups excluding carboxylic acids is 1. The highest BCUT2D eigenvalue weighted by atomic mass is 35.5. The van der Waals surface area contributed by atoms with Gasteiger partial charge in [-0.3, -0.25) is 4.79 Å². The van der Waals surface area contributed by atoms with Crippen LogP contribution in [0.15, 0.2) is 53.4 Å². The minimum atomic E-state index is 0.142. The van der Waals surface area contributed by atoms with E-state index in [0.717, 1.165) is 42.3 Å². The molecule has 2 aliphatic rings. The second-order valence-corrected chi connectivity index (χ2v) is 8.80. The molecule has 0 radical (unpaired) electrons. The third kappa shape index (κ3) is 3.78. The largest absolute Gasteiger partial charge is 0.338 e. The minimum Gasteiger partial charge on any atom is -0.338 e. The van der Waals surface area contributed by atoms with Gasteiger partial charge in [0.05, 0.1) is 0 Å². The molecule has 2 N–H and O–H groups in total. The van der Waals surface area contributed by atoms with E-state index in [4.69, 9.17) is 17.3 Å². The van der Waals surface area contributed by atoms with Crippen molar-refractivity contribution in [1.29, 1.82) is 0 Å². The fourth-order valence-electron chi connectivity index (χ4n) is 4.10. The lowest BCUT2D eigenvalue weighted by Crippen LogP contribution is -2.33. The van der Waals surface area contributed by atoms with Crippen LogP contribution in [0.1, 0.15) is 28.8 Å². The Hall–Kier alpha value is -1.49. The van der Waals surface area contributed by atoms with E-state index in [1.807, 2.05) is 41.3 Å². The van der Waals surface area contributed by atoms with Gasteiger partial charge in [0.2, 0.25) is 0 Å². The fourth-order valence-corrected chi connectivity index (χ4v) is 5.08. The average Bonchev–Trinajstić information content (AvgIpc) is 3.23. The van der Waals surface area contributed by atoms with Crippen LogP contribution in [0.25, 0.3) is 0 Å². The van der Waals surface area contributed by atoms with Crippen molar-refractivity contribution in [3.05, 3.63) is 64.7 Å². The number of carbonyl (C=O) groups is 1. The molecule has 4 rings (SSSR count). The van der Waals surface area contributed by atoms with Crippen LogP contribution in [0.5, 0.6) is 0 Å². The maximum absolute atomic E-state index is 12.8. The number of halogens is 1. The van der Waals surface area contributed by atoms with Gasteiger partial charge in [0.1, 0.15) is 0 Å². The summed E-state index contributed by atoms with van der Waals surface area (Å²) in [4.78, 5) is 16.0. The van der Waals surface area contributed by atoms with Gasteiger partial charge < -0.3 is 10.6 Å². The van der Waals surface area contributed by atoms with E-state index in [9.17, 15) is 4.79 Å². The number of rotatable bonds is 4. The number of benzene rings is 2. The molecule has 2 fully saturated rings. The Morgan fingerprint density at radius 1 is 1.08 bits per heavy atom. The molecule has 2 aromatic rings. The quantitative estimate of drug-likeness (QED) is 0.790. The highest BCUT2D eigenvalue weighted by Crippen LogP contribution is 2.37. The first kappa shape index (κ1) is 17.9. The van der Waals surface area contributed by atoms with Crippen LogP contribution in [0.3, 0.4) is 0 Å². The Labute approximate surface area is 163 Å². The molecule has 3 nitrogen and oxygen atoms in total. The summed E-state index contributed by atoms with van der Waals surface area (Å²) in [6.07, 6.45) is 2.27. The van der Waals surface area contributed by atoms with E-state index in [1.165, 1.54) is 10.5 Å². The van der Waals surface area contributed by atoms with Gasteiger partial charge in [0.15, 0.2) is 0 Å². The van der Waals surface area contributed by atoms with Crippen LogP contribution in [-0.2, 0) is 5.75 Å². The first-order valence-corrected chi connectivity index (χ1v) is 10.5. The molecule has 1 heterocycles. The van der Waals surface area contributed by atoms with Crippen molar-refractivity contribution >= 4 is 29.3 Å². The molecule has 1 saturated carbocycles. The normalized spacial score (nSPS) is 24.7. The number of likely N-dealkylation sites (tertiary alicyclic amines) is 1. The number of amides is 1. The van der Waals surface area contributed by atoms with Crippen LogP contribution in [0.4, 0.5) is 0 Å². The predicted octanol–water partition coefficient (Wildman–Crippen LogP) is 4.44. The maximum atomic E-state index is 12.8. The monoisotopic (exact) mass is 386 g/mol. The van der Waals surface area contributed by atoms with Crippen molar-refractivity contribution in [2.45, 2.75) is 29.5 Å². The molecule has 5 heteroatoms. The van der Waals surface area contributed by atoms with E-state index in [1.54, 1.807) is 11.8 Å². The molecule has 3 atom stereocenters. The molecule has 0 bridgehead atoms. The van der Waals surface area contributed by atoms with Gasteiger partial charge in [0.25, 0.3) is 5.91 Å². The van der Waals surface area contributed by atoms with Crippen molar-refractivity contribution in [3.8, 4) is 0 Å². The predicted molar refractivity (Wildman–Crippen MR) is 108 cm³/mol. The highest BCUT2D eigenvalue weighted by molar-refractivity contribution is 7.98. The number of nitrogens with zero attached hydrogens (tertiary/aromatic N) is 1. The topological polar surface area (TPSA) is 46.3 Å². The standard InChI is InChI=1S/C21H23ClN2OS/c22-17-6-8-18(9-7-17)26-13-14-1-3-15(4-2-14)21(25)24-11-16-5-10-20(23)19(16)12-24/h1-4,6-9,16,19-20H,5,10-13,23H2. The number of nitrogens with two attached hydrogens (primary N) is 1. The highest BCUT2D eigenvalue weighted by Gasteiger charge is 2.42. The number of thioether (sulfide) groups is 1. The van der Waals surface area contributed by atoms with Crippen LogP contribution in [0.2, 0.25) is 5.02 Å². The first-order valence-electron chi connectivity index (χ1n) is 9.12. The summed E-state index contributed by atoms with van der Waals surface area (Å²) in [7, 11) is 0. The molecular weight excluding hydrogens is 364 g/mol. The summed E-state index contributed by atoms with van der Waals surface area (Å²) >= 11 is 7.68. The Balaban J connectivity index is 1.35. The lowest BCUT2D eigenvalue weighted by Gasteiger charge is -2.19. The molecule has 0 aromatic heterocycles. The van der Waals surface area contributed by atoms with E-state index < -0.39 is 0 Å². The molecule has 1 saturated heterocycles. The molecule has 1 aliphatic heterocycles. The Morgan fingerprint density at radius 3 is 2.50 bits per heavy atom. The first-order chi connectivity index (χ1) is 12.6. The van der Waals surface area contributed by atoms with Crippen LogP contribution >= 0.6 is 23.4 Å². The Bertz CT molecular complexity index is 778. The second kappa shape index (κ2) is 7.63. The SMILES string of the molecule is NC1CCC2CN(C(=O)c3ccc(CSc4ccc(Cl)cc4)cc3)CC12. The smallest absolute Gasteiger partial charge is 0.253 e. The second-order valence-electron chi connectivity index (χ2n) is 7.31. The molecule has 2 aromatic carbocycles. The molecule has 136 valence electrons. The summed E-state index contributed by atoms with van der Waals surface area (Å²) in [6, 6.07) is 16.1. The summed E-state index contributed by atoms with van der Waals surface area (Å²) in [6.45, 7) is 1.68. The molecule has 26 heavy (non-hydrogen) atoms. The fraction of sp³-hybridized carbons (Fsp3) is 0.381. The van der Waals surface area contributed by atoms with E-state index in [2.05, 4.69) is 12.1 Å². The third-order valence-electron chi connectivity index (χ3n) is 5.62. The molecular formula is C21H23ClN2OS. The van der Waals surface area contributed by atoms with Crippen molar-refractivity contribution in [2.24, 2.45) is 17.6 Å². The van der Waals surface area contributed by atoms with Gasteiger partial charge in [-0.2, -0.15) is 0 Å². The van der Waals surface area contributed by atoms with Crippen LogP contribution in [0, 0.1) is 11.8 Å². The third-order valence-corrected chi connectivity index (χ3v) is 6.95. The number of fused-ring (bicyclic) bond motifs is 1. The Morgan fingerprint density at radius 2 is 1.81 bits per heavy atom. The molecule has 3 unspecified atom stereocenters. The number of hydrogen-bond acceptors (Lipinski definition) is 3. The van der Waals surface area contributed by atoms with Gasteiger partial charge in [-0.1, -0.05) is 23.7 Å². The van der Waals surface area contributed by atoms with Gasteiger partial charge >= 0.3 is 0 Å². The molecule has 0 spiro atoms.